The summed E-state index contributed by atoms with van der Waals surface area (Å²) >= 11 is 0. The zero-order chi connectivity index (χ0) is 20.1. The summed E-state index contributed by atoms with van der Waals surface area (Å²) in [6, 6.07) is 8.04. The largest absolute Gasteiger partial charge is 0.459 e. The van der Waals surface area contributed by atoms with Gasteiger partial charge in [-0.05, 0) is 61.1 Å². The lowest BCUT2D eigenvalue weighted by Gasteiger charge is -2.35. The summed E-state index contributed by atoms with van der Waals surface area (Å²) in [7, 11) is 0. The summed E-state index contributed by atoms with van der Waals surface area (Å²) in [5.74, 6) is 1.32. The Morgan fingerprint density at radius 3 is 2.41 bits per heavy atom. The van der Waals surface area contributed by atoms with E-state index in [1.165, 1.54) is 38.5 Å². The van der Waals surface area contributed by atoms with Crippen molar-refractivity contribution in [1.29, 1.82) is 0 Å². The van der Waals surface area contributed by atoms with Crippen LogP contribution in [0.4, 0.5) is 0 Å². The number of aliphatic hydroxyl groups excluding tert-OH is 1. The maximum absolute atomic E-state index is 12.7. The van der Waals surface area contributed by atoms with Crippen molar-refractivity contribution in [2.75, 3.05) is 0 Å². The van der Waals surface area contributed by atoms with Gasteiger partial charge in [-0.3, -0.25) is 4.79 Å². The van der Waals surface area contributed by atoms with Crippen molar-refractivity contribution in [1.82, 2.24) is 5.32 Å². The van der Waals surface area contributed by atoms with Crippen LogP contribution in [0.3, 0.4) is 0 Å². The lowest BCUT2D eigenvalue weighted by molar-refractivity contribution is -0.156. The lowest BCUT2D eigenvalue weighted by atomic mass is 9.77. The van der Waals surface area contributed by atoms with Crippen LogP contribution in [0.1, 0.15) is 68.9 Å². The molecule has 4 rings (SSSR count). The fraction of sp³-hybridized carbons (Fsp3) is 0.625. The van der Waals surface area contributed by atoms with Gasteiger partial charge >= 0.3 is 0 Å². The van der Waals surface area contributed by atoms with Gasteiger partial charge in [-0.15, -0.1) is 0 Å². The van der Waals surface area contributed by atoms with Crippen LogP contribution in [0, 0.1) is 11.8 Å². The molecule has 1 heterocycles. The Bertz CT molecular complexity index is 704. The Labute approximate surface area is 173 Å². The fourth-order valence-electron chi connectivity index (χ4n) is 4.58. The van der Waals surface area contributed by atoms with Crippen LogP contribution in [-0.4, -0.2) is 23.3 Å². The molecule has 1 aromatic carbocycles. The van der Waals surface area contributed by atoms with Crippen molar-refractivity contribution in [2.24, 2.45) is 11.8 Å². The second kappa shape index (κ2) is 9.77. The van der Waals surface area contributed by atoms with E-state index in [9.17, 15) is 9.90 Å². The molecule has 5 heteroatoms. The van der Waals surface area contributed by atoms with Gasteiger partial charge in [-0.1, -0.05) is 43.5 Å². The Morgan fingerprint density at radius 1 is 1.03 bits per heavy atom. The summed E-state index contributed by atoms with van der Waals surface area (Å²) in [6.45, 7) is 0.478. The van der Waals surface area contributed by atoms with Crippen molar-refractivity contribution in [2.45, 2.75) is 83.3 Å². The molecule has 1 aliphatic heterocycles. The molecule has 0 bridgehead atoms. The van der Waals surface area contributed by atoms with Gasteiger partial charge in [-0.25, -0.2) is 0 Å². The SMILES string of the molecule is O=C(NC1CCC1)C1=C[C@@H](C2CCCCC2)C[C@@H](OCc2ccc(CO)cc2)O1. The van der Waals surface area contributed by atoms with E-state index in [-0.39, 0.29) is 12.5 Å². The van der Waals surface area contributed by atoms with Crippen LogP contribution in [0.15, 0.2) is 36.1 Å². The molecule has 5 nitrogen and oxygen atoms in total. The Hall–Kier alpha value is -1.85. The maximum atomic E-state index is 12.7. The van der Waals surface area contributed by atoms with E-state index in [1.54, 1.807) is 0 Å². The Morgan fingerprint density at radius 2 is 1.76 bits per heavy atom. The normalized spacial score (nSPS) is 25.6. The van der Waals surface area contributed by atoms with Crippen molar-refractivity contribution < 1.29 is 19.4 Å². The average Bonchev–Trinajstić information content (AvgIpc) is 2.75. The molecular weight excluding hydrogens is 366 g/mol. The van der Waals surface area contributed by atoms with Gasteiger partial charge in [0.15, 0.2) is 5.76 Å². The number of ether oxygens (including phenoxy) is 2. The predicted molar refractivity (Wildman–Crippen MR) is 111 cm³/mol. The van der Waals surface area contributed by atoms with Gasteiger partial charge in [-0.2, -0.15) is 0 Å². The number of allylic oxidation sites excluding steroid dienone is 1. The second-order valence-electron chi connectivity index (χ2n) is 8.76. The quantitative estimate of drug-likeness (QED) is 0.721. The first-order valence-corrected chi connectivity index (χ1v) is 11.2. The minimum Gasteiger partial charge on any atom is -0.459 e. The monoisotopic (exact) mass is 399 g/mol. The van der Waals surface area contributed by atoms with Gasteiger partial charge in [0.25, 0.3) is 5.91 Å². The van der Waals surface area contributed by atoms with E-state index in [4.69, 9.17) is 9.47 Å². The smallest absolute Gasteiger partial charge is 0.286 e. The first kappa shape index (κ1) is 20.4. The third kappa shape index (κ3) is 5.40. The minimum atomic E-state index is -0.397. The number of rotatable bonds is 7. The van der Waals surface area contributed by atoms with Crippen molar-refractivity contribution in [3.8, 4) is 0 Å². The molecule has 0 saturated heterocycles. The summed E-state index contributed by atoms with van der Waals surface area (Å²) < 4.78 is 12.1. The molecule has 2 fully saturated rings. The van der Waals surface area contributed by atoms with Crippen molar-refractivity contribution in [3.05, 3.63) is 47.2 Å². The Kier molecular flexibility index (Phi) is 6.88. The van der Waals surface area contributed by atoms with E-state index in [1.807, 2.05) is 24.3 Å². The topological polar surface area (TPSA) is 67.8 Å². The number of carbonyl (C=O) groups is 1. The molecule has 0 unspecified atom stereocenters. The molecule has 1 aromatic rings. The standard InChI is InChI=1S/C24H33NO4/c26-15-17-9-11-18(12-10-17)16-28-23-14-20(19-5-2-1-3-6-19)13-22(29-23)24(27)25-21-7-4-8-21/h9-13,19-21,23,26H,1-8,14-16H2,(H,25,27)/t20-,23+/m1/s1. The zero-order valence-corrected chi connectivity index (χ0v) is 17.1. The molecule has 2 saturated carbocycles. The van der Waals surface area contributed by atoms with Crippen LogP contribution in [0.2, 0.25) is 0 Å². The molecule has 0 radical (unpaired) electrons. The van der Waals surface area contributed by atoms with Crippen LogP contribution in [-0.2, 0) is 27.5 Å². The molecule has 2 aliphatic carbocycles. The Balaban J connectivity index is 1.40. The van der Waals surface area contributed by atoms with E-state index in [2.05, 4.69) is 11.4 Å². The van der Waals surface area contributed by atoms with E-state index in [0.29, 0.717) is 30.2 Å². The number of carbonyl (C=O) groups excluding carboxylic acids is 1. The third-order valence-electron chi connectivity index (χ3n) is 6.65. The van der Waals surface area contributed by atoms with Crippen molar-refractivity contribution in [3.63, 3.8) is 0 Å². The van der Waals surface area contributed by atoms with Gasteiger partial charge in [0.05, 0.1) is 13.2 Å². The van der Waals surface area contributed by atoms with Crippen molar-refractivity contribution >= 4 is 5.91 Å². The summed E-state index contributed by atoms with van der Waals surface area (Å²) in [6.07, 6.45) is 12.1. The molecule has 29 heavy (non-hydrogen) atoms. The van der Waals surface area contributed by atoms with E-state index < -0.39 is 6.29 Å². The summed E-state index contributed by atoms with van der Waals surface area (Å²) in [4.78, 5) is 12.7. The fourth-order valence-corrected chi connectivity index (χ4v) is 4.58. The number of benzene rings is 1. The molecule has 3 aliphatic rings. The third-order valence-corrected chi connectivity index (χ3v) is 6.65. The molecule has 158 valence electrons. The predicted octanol–water partition coefficient (Wildman–Crippen LogP) is 4.19. The van der Waals surface area contributed by atoms with E-state index >= 15 is 0 Å². The number of amides is 1. The van der Waals surface area contributed by atoms with Crippen LogP contribution in [0.25, 0.3) is 0 Å². The molecule has 1 amide bonds. The zero-order valence-electron chi connectivity index (χ0n) is 17.1. The maximum Gasteiger partial charge on any atom is 0.286 e. The minimum absolute atomic E-state index is 0.0419. The molecular formula is C24H33NO4. The highest BCUT2D eigenvalue weighted by Gasteiger charge is 2.33. The molecule has 2 atom stereocenters. The van der Waals surface area contributed by atoms with Gasteiger partial charge < -0.3 is 19.9 Å². The van der Waals surface area contributed by atoms with Crippen LogP contribution >= 0.6 is 0 Å². The first-order chi connectivity index (χ1) is 14.2. The van der Waals surface area contributed by atoms with Crippen LogP contribution in [0.5, 0.6) is 0 Å². The molecule has 2 N–H and O–H groups in total. The summed E-state index contributed by atoms with van der Waals surface area (Å²) in [5, 5.41) is 12.3. The highest BCUT2D eigenvalue weighted by molar-refractivity contribution is 5.91. The average molecular weight is 400 g/mol. The molecule has 0 spiro atoms. The number of hydrogen-bond donors (Lipinski definition) is 2. The first-order valence-electron chi connectivity index (χ1n) is 11.2. The van der Waals surface area contributed by atoms with Gasteiger partial charge in [0.2, 0.25) is 6.29 Å². The van der Waals surface area contributed by atoms with Gasteiger partial charge in [0, 0.05) is 12.5 Å². The highest BCUT2D eigenvalue weighted by Crippen LogP contribution is 2.37. The van der Waals surface area contributed by atoms with Gasteiger partial charge in [0.1, 0.15) is 0 Å². The number of nitrogens with one attached hydrogen (secondary N) is 1. The second-order valence-corrected chi connectivity index (χ2v) is 8.76. The highest BCUT2D eigenvalue weighted by atomic mass is 16.7. The number of hydrogen-bond acceptors (Lipinski definition) is 4. The molecule has 0 aromatic heterocycles. The number of aliphatic hydroxyl groups is 1. The van der Waals surface area contributed by atoms with Crippen LogP contribution < -0.4 is 5.32 Å². The summed E-state index contributed by atoms with van der Waals surface area (Å²) in [5.41, 5.74) is 1.92. The van der Waals surface area contributed by atoms with E-state index in [0.717, 1.165) is 30.4 Å². The lowest BCUT2D eigenvalue weighted by Crippen LogP contribution is -2.42.